The fourth-order valence-corrected chi connectivity index (χ4v) is 0.407. The molecule has 52 valence electrons. The molecule has 2 unspecified atom stereocenters. The highest BCUT2D eigenvalue weighted by Crippen LogP contribution is 1.87. The second-order valence-electron chi connectivity index (χ2n) is 1.73. The van der Waals surface area contributed by atoms with Gasteiger partial charge in [-0.05, 0) is 0 Å². The highest BCUT2D eigenvalue weighted by atomic mass is 16.5. The van der Waals surface area contributed by atoms with E-state index in [2.05, 4.69) is 10.7 Å². The van der Waals surface area contributed by atoms with Crippen LogP contribution in [0.1, 0.15) is 0 Å². The molecule has 0 saturated carbocycles. The summed E-state index contributed by atoms with van der Waals surface area (Å²) in [5.74, 6) is 2.10. The molecule has 0 rings (SSSR count). The zero-order chi connectivity index (χ0) is 7.28. The number of hydrogen-bond acceptors (Lipinski definition) is 3. The molecule has 0 aromatic heterocycles. The molecule has 0 spiro atoms. The van der Waals surface area contributed by atoms with Gasteiger partial charge in [-0.1, -0.05) is 5.92 Å². The van der Waals surface area contributed by atoms with Crippen molar-refractivity contribution in [3.8, 4) is 12.3 Å². The van der Waals surface area contributed by atoms with Gasteiger partial charge >= 0.3 is 0 Å². The molecule has 0 aromatic rings. The van der Waals surface area contributed by atoms with E-state index in [1.165, 1.54) is 7.11 Å². The first kappa shape index (κ1) is 8.44. The zero-order valence-electron chi connectivity index (χ0n) is 5.37. The molecule has 0 fully saturated rings. The molecule has 0 heterocycles. The number of aliphatic hydroxyl groups is 1. The van der Waals surface area contributed by atoms with Crippen molar-refractivity contribution in [2.24, 2.45) is 5.73 Å². The van der Waals surface area contributed by atoms with Crippen LogP contribution in [-0.2, 0) is 4.74 Å². The van der Waals surface area contributed by atoms with Crippen LogP contribution in [0.5, 0.6) is 0 Å². The summed E-state index contributed by atoms with van der Waals surface area (Å²) in [4.78, 5) is 0. The molecule has 9 heavy (non-hydrogen) atoms. The van der Waals surface area contributed by atoms with Crippen molar-refractivity contribution < 1.29 is 9.84 Å². The Kier molecular flexibility index (Phi) is 4.06. The van der Waals surface area contributed by atoms with Crippen molar-refractivity contribution in [3.05, 3.63) is 0 Å². The highest BCUT2D eigenvalue weighted by Gasteiger charge is 2.09. The Morgan fingerprint density at radius 2 is 2.44 bits per heavy atom. The molecular formula is C6H11NO2. The first-order valence-electron chi connectivity index (χ1n) is 2.61. The fraction of sp³-hybridized carbons (Fsp3) is 0.667. The Morgan fingerprint density at radius 3 is 2.78 bits per heavy atom. The van der Waals surface area contributed by atoms with Crippen LogP contribution in [0.25, 0.3) is 0 Å². The van der Waals surface area contributed by atoms with Gasteiger partial charge in [-0.2, -0.15) is 0 Å². The van der Waals surface area contributed by atoms with Crippen molar-refractivity contribution >= 4 is 0 Å². The fourth-order valence-electron chi connectivity index (χ4n) is 0.407. The first-order chi connectivity index (χ1) is 4.22. The summed E-state index contributed by atoms with van der Waals surface area (Å²) in [5, 5.41) is 8.82. The molecule has 2 atom stereocenters. The van der Waals surface area contributed by atoms with E-state index >= 15 is 0 Å². The van der Waals surface area contributed by atoms with Crippen LogP contribution in [-0.4, -0.2) is 31.0 Å². The van der Waals surface area contributed by atoms with Crippen LogP contribution in [0.3, 0.4) is 0 Å². The third kappa shape index (κ3) is 3.09. The van der Waals surface area contributed by atoms with Crippen LogP contribution in [0.2, 0.25) is 0 Å². The van der Waals surface area contributed by atoms with Gasteiger partial charge in [0.05, 0.1) is 12.6 Å². The van der Waals surface area contributed by atoms with E-state index in [9.17, 15) is 0 Å². The number of ether oxygens (including phenoxy) is 1. The summed E-state index contributed by atoms with van der Waals surface area (Å²) in [6.07, 6.45) is 3.97. The zero-order valence-corrected chi connectivity index (χ0v) is 5.37. The summed E-state index contributed by atoms with van der Waals surface area (Å²) < 4.78 is 4.65. The van der Waals surface area contributed by atoms with Crippen molar-refractivity contribution in [2.75, 3.05) is 13.7 Å². The van der Waals surface area contributed by atoms with Crippen molar-refractivity contribution in [1.82, 2.24) is 0 Å². The van der Waals surface area contributed by atoms with E-state index in [-0.39, 0.29) is 6.61 Å². The van der Waals surface area contributed by atoms with E-state index in [4.69, 9.17) is 17.3 Å². The molecule has 0 aliphatic heterocycles. The molecule has 0 bridgehead atoms. The highest BCUT2D eigenvalue weighted by molar-refractivity contribution is 4.98. The number of terminal acetylenes is 1. The standard InChI is InChI=1S/C6H11NO2/c1-3-6(8)5(7)4-9-2/h1,5-6,8H,4,7H2,2H3. The number of nitrogens with two attached hydrogens (primary N) is 1. The minimum Gasteiger partial charge on any atom is -0.383 e. The molecule has 0 aliphatic rings. The summed E-state index contributed by atoms with van der Waals surface area (Å²) >= 11 is 0. The van der Waals surface area contributed by atoms with Gasteiger partial charge in [-0.25, -0.2) is 0 Å². The lowest BCUT2D eigenvalue weighted by Crippen LogP contribution is -2.37. The maximum atomic E-state index is 8.82. The molecule has 0 radical (unpaired) electrons. The molecule has 3 N–H and O–H groups in total. The van der Waals surface area contributed by atoms with Gasteiger partial charge in [0.1, 0.15) is 6.10 Å². The first-order valence-corrected chi connectivity index (χ1v) is 2.61. The van der Waals surface area contributed by atoms with Gasteiger partial charge in [0.25, 0.3) is 0 Å². The molecule has 0 aliphatic carbocycles. The van der Waals surface area contributed by atoms with E-state index in [1.54, 1.807) is 0 Å². The second-order valence-corrected chi connectivity index (χ2v) is 1.73. The average Bonchev–Trinajstić information content (AvgIpc) is 1.87. The lowest BCUT2D eigenvalue weighted by atomic mass is 10.2. The average molecular weight is 129 g/mol. The molecule has 0 amide bonds. The summed E-state index contributed by atoms with van der Waals surface area (Å²) in [7, 11) is 1.50. The van der Waals surface area contributed by atoms with E-state index in [1.807, 2.05) is 0 Å². The molecule has 0 saturated heterocycles. The van der Waals surface area contributed by atoms with Gasteiger partial charge in [-0.15, -0.1) is 6.42 Å². The minimum atomic E-state index is -0.898. The third-order valence-electron chi connectivity index (χ3n) is 0.935. The molecule has 0 aromatic carbocycles. The van der Waals surface area contributed by atoms with Gasteiger partial charge < -0.3 is 15.6 Å². The summed E-state index contributed by atoms with van der Waals surface area (Å²) in [6, 6.07) is -0.472. The van der Waals surface area contributed by atoms with Gasteiger partial charge in [0.15, 0.2) is 0 Å². The topological polar surface area (TPSA) is 55.5 Å². The number of rotatable bonds is 3. The van der Waals surface area contributed by atoms with E-state index < -0.39 is 12.1 Å². The van der Waals surface area contributed by atoms with Crippen LogP contribution in [0.15, 0.2) is 0 Å². The predicted molar refractivity (Wildman–Crippen MR) is 34.7 cm³/mol. The molecule has 3 nitrogen and oxygen atoms in total. The molecular weight excluding hydrogens is 118 g/mol. The second kappa shape index (κ2) is 4.33. The summed E-state index contributed by atoms with van der Waals surface area (Å²) in [5.41, 5.74) is 5.32. The van der Waals surface area contributed by atoms with Gasteiger partial charge in [-0.3, -0.25) is 0 Å². The smallest absolute Gasteiger partial charge is 0.131 e. The maximum Gasteiger partial charge on any atom is 0.131 e. The third-order valence-corrected chi connectivity index (χ3v) is 0.935. The van der Waals surface area contributed by atoms with Crippen LogP contribution < -0.4 is 5.73 Å². The monoisotopic (exact) mass is 129 g/mol. The Labute approximate surface area is 54.8 Å². The van der Waals surface area contributed by atoms with Crippen LogP contribution in [0.4, 0.5) is 0 Å². The lowest BCUT2D eigenvalue weighted by molar-refractivity contribution is 0.118. The normalized spacial score (nSPS) is 16.2. The van der Waals surface area contributed by atoms with Crippen molar-refractivity contribution in [1.29, 1.82) is 0 Å². The predicted octanol–water partition coefficient (Wildman–Crippen LogP) is -1.05. The minimum absolute atomic E-state index is 0.283. The summed E-state index contributed by atoms with van der Waals surface area (Å²) in [6.45, 7) is 0.283. The quantitative estimate of drug-likeness (QED) is 0.478. The number of methoxy groups -OCH3 is 1. The Hall–Kier alpha value is -0.560. The lowest BCUT2D eigenvalue weighted by Gasteiger charge is -2.11. The Bertz CT molecular complexity index is 108. The SMILES string of the molecule is C#CC(O)C(N)COC. The largest absolute Gasteiger partial charge is 0.383 e. The van der Waals surface area contributed by atoms with Crippen LogP contribution in [0, 0.1) is 12.3 Å². The number of hydrogen-bond donors (Lipinski definition) is 2. The van der Waals surface area contributed by atoms with Crippen LogP contribution >= 0.6 is 0 Å². The van der Waals surface area contributed by atoms with Gasteiger partial charge in [0.2, 0.25) is 0 Å². The van der Waals surface area contributed by atoms with Crippen molar-refractivity contribution in [3.63, 3.8) is 0 Å². The number of aliphatic hydroxyl groups excluding tert-OH is 1. The van der Waals surface area contributed by atoms with Crippen molar-refractivity contribution in [2.45, 2.75) is 12.1 Å². The van der Waals surface area contributed by atoms with Gasteiger partial charge in [0, 0.05) is 7.11 Å². The molecule has 3 heteroatoms. The Morgan fingerprint density at radius 1 is 1.89 bits per heavy atom. The van der Waals surface area contributed by atoms with E-state index in [0.29, 0.717) is 0 Å². The Balaban J connectivity index is 3.48. The van der Waals surface area contributed by atoms with E-state index in [0.717, 1.165) is 0 Å². The maximum absolute atomic E-state index is 8.82.